The third-order valence-electron chi connectivity index (χ3n) is 0.468. The van der Waals surface area contributed by atoms with Gasteiger partial charge in [-0.1, -0.05) is 6.08 Å². The largest absolute Gasteiger partial charge is 0.389 e. The van der Waals surface area contributed by atoms with Gasteiger partial charge in [-0.2, -0.15) is 0 Å². The summed E-state index contributed by atoms with van der Waals surface area (Å²) in [6.45, 7) is 1.58. The molecule has 7 heavy (non-hydrogen) atoms. The highest BCUT2D eigenvalue weighted by molar-refractivity contribution is 5.64. The molecule has 0 aromatic heterocycles. The van der Waals surface area contributed by atoms with Crippen molar-refractivity contribution in [3.8, 4) is 0 Å². The molecule has 0 amide bonds. The van der Waals surface area contributed by atoms with E-state index in [1.54, 1.807) is 6.92 Å². The molecular formula is C5H8O2. The fourth-order valence-electron chi connectivity index (χ4n) is 0.206. The van der Waals surface area contributed by atoms with E-state index in [1.807, 2.05) is 0 Å². The summed E-state index contributed by atoms with van der Waals surface area (Å²) in [5, 5.41) is 8.44. The molecule has 1 N–H and O–H groups in total. The molecule has 0 saturated carbocycles. The van der Waals surface area contributed by atoms with Crippen molar-refractivity contribution in [2.45, 2.75) is 13.0 Å². The Kier molecular flexibility index (Phi) is 3.24. The Morgan fingerprint density at radius 3 is 2.43 bits per heavy atom. The van der Waals surface area contributed by atoms with E-state index in [-0.39, 0.29) is 0 Å². The van der Waals surface area contributed by atoms with Gasteiger partial charge in [-0.05, 0) is 13.0 Å². The maximum atomic E-state index is 9.51. The summed E-state index contributed by atoms with van der Waals surface area (Å²) in [5.74, 6) is 0. The van der Waals surface area contributed by atoms with Gasteiger partial charge in [-0.15, -0.1) is 0 Å². The van der Waals surface area contributed by atoms with Crippen LogP contribution in [0, 0.1) is 0 Å². The van der Waals surface area contributed by atoms with Crippen molar-refractivity contribution in [1.82, 2.24) is 0 Å². The molecule has 1 atom stereocenters. The molecule has 0 aliphatic rings. The van der Waals surface area contributed by atoms with Crippen molar-refractivity contribution in [3.05, 3.63) is 12.2 Å². The van der Waals surface area contributed by atoms with E-state index in [1.165, 1.54) is 12.2 Å². The minimum absolute atomic E-state index is 0.509. The first-order valence-corrected chi connectivity index (χ1v) is 2.07. The van der Waals surface area contributed by atoms with Crippen molar-refractivity contribution in [2.24, 2.45) is 0 Å². The summed E-state index contributed by atoms with van der Waals surface area (Å²) < 4.78 is 0. The van der Waals surface area contributed by atoms with E-state index in [0.717, 1.165) is 0 Å². The monoisotopic (exact) mass is 100 g/mol. The van der Waals surface area contributed by atoms with E-state index in [2.05, 4.69) is 0 Å². The van der Waals surface area contributed by atoms with Crippen molar-refractivity contribution in [3.63, 3.8) is 0 Å². The normalized spacial score (nSPS) is 14.6. The van der Waals surface area contributed by atoms with Gasteiger partial charge in [-0.25, -0.2) is 0 Å². The average Bonchev–Trinajstić information content (AvgIpc) is 1.61. The van der Waals surface area contributed by atoms with Crippen molar-refractivity contribution < 1.29 is 9.90 Å². The van der Waals surface area contributed by atoms with Gasteiger partial charge < -0.3 is 5.11 Å². The van der Waals surface area contributed by atoms with Gasteiger partial charge in [0.2, 0.25) is 0 Å². The zero-order valence-corrected chi connectivity index (χ0v) is 4.16. The fraction of sp³-hybridized carbons (Fsp3) is 0.400. The van der Waals surface area contributed by atoms with Gasteiger partial charge in [0.1, 0.15) is 6.29 Å². The molecule has 0 fully saturated rings. The maximum Gasteiger partial charge on any atom is 0.142 e. The van der Waals surface area contributed by atoms with E-state index < -0.39 is 6.10 Å². The Balaban J connectivity index is 3.25. The van der Waals surface area contributed by atoms with Gasteiger partial charge in [0.05, 0.1) is 6.10 Å². The number of aliphatic hydroxyl groups excluding tert-OH is 1. The molecule has 40 valence electrons. The van der Waals surface area contributed by atoms with E-state index in [4.69, 9.17) is 5.11 Å². The standard InChI is InChI=1S/C5H8O2/c1-5(7)3-2-4-6/h2-5,7H,1H3/b3-2-. The first-order valence-electron chi connectivity index (χ1n) is 2.07. The molecule has 2 nitrogen and oxygen atoms in total. The molecule has 0 aromatic rings. The van der Waals surface area contributed by atoms with Gasteiger partial charge >= 0.3 is 0 Å². The fourth-order valence-corrected chi connectivity index (χ4v) is 0.206. The second-order valence-corrected chi connectivity index (χ2v) is 1.26. The zero-order chi connectivity index (χ0) is 5.70. The molecule has 0 aliphatic carbocycles. The minimum atomic E-state index is -0.509. The third kappa shape index (κ3) is 5.37. The summed E-state index contributed by atoms with van der Waals surface area (Å²) in [7, 11) is 0. The van der Waals surface area contributed by atoms with E-state index in [0.29, 0.717) is 6.29 Å². The van der Waals surface area contributed by atoms with Crippen LogP contribution >= 0.6 is 0 Å². The zero-order valence-electron chi connectivity index (χ0n) is 4.16. The first-order chi connectivity index (χ1) is 3.27. The SMILES string of the molecule is CC(O)/C=C\C=O. The predicted molar refractivity (Wildman–Crippen MR) is 26.9 cm³/mol. The highest BCUT2D eigenvalue weighted by Gasteiger charge is 1.80. The Morgan fingerprint density at radius 1 is 1.71 bits per heavy atom. The van der Waals surface area contributed by atoms with Gasteiger partial charge in [0.25, 0.3) is 0 Å². The lowest BCUT2D eigenvalue weighted by atomic mass is 10.4. The second-order valence-electron chi connectivity index (χ2n) is 1.26. The molecule has 0 heterocycles. The lowest BCUT2D eigenvalue weighted by molar-refractivity contribution is -0.104. The predicted octanol–water partition coefficient (Wildman–Crippen LogP) is 0.122. The molecule has 0 aliphatic heterocycles. The van der Waals surface area contributed by atoms with Crippen molar-refractivity contribution in [2.75, 3.05) is 0 Å². The summed E-state index contributed by atoms with van der Waals surface area (Å²) in [5.41, 5.74) is 0. The number of aliphatic hydroxyl groups is 1. The Labute approximate surface area is 42.5 Å². The van der Waals surface area contributed by atoms with Crippen LogP contribution in [-0.4, -0.2) is 17.5 Å². The van der Waals surface area contributed by atoms with Gasteiger partial charge in [0.15, 0.2) is 0 Å². The molecule has 0 saturated heterocycles. The molecule has 1 unspecified atom stereocenters. The highest BCUT2D eigenvalue weighted by Crippen LogP contribution is 1.77. The van der Waals surface area contributed by atoms with Crippen LogP contribution in [0.3, 0.4) is 0 Å². The van der Waals surface area contributed by atoms with Crippen LogP contribution in [0.5, 0.6) is 0 Å². The Hall–Kier alpha value is -0.630. The molecule has 0 aromatic carbocycles. The molecule has 2 heteroatoms. The van der Waals surface area contributed by atoms with Crippen LogP contribution < -0.4 is 0 Å². The number of carbonyl (C=O) groups is 1. The quantitative estimate of drug-likeness (QED) is 0.395. The van der Waals surface area contributed by atoms with Crippen LogP contribution in [0.15, 0.2) is 12.2 Å². The van der Waals surface area contributed by atoms with Crippen LogP contribution in [0.1, 0.15) is 6.92 Å². The lowest BCUT2D eigenvalue weighted by Crippen LogP contribution is -1.91. The lowest BCUT2D eigenvalue weighted by Gasteiger charge is -1.86. The number of rotatable bonds is 2. The van der Waals surface area contributed by atoms with Crippen LogP contribution in [-0.2, 0) is 4.79 Å². The third-order valence-corrected chi connectivity index (χ3v) is 0.468. The van der Waals surface area contributed by atoms with Gasteiger partial charge in [-0.3, -0.25) is 4.79 Å². The molecular weight excluding hydrogens is 92.1 g/mol. The molecule has 0 rings (SSSR count). The Bertz CT molecular complexity index is 74.1. The summed E-state index contributed by atoms with van der Waals surface area (Å²) in [6.07, 6.45) is 2.80. The number of carbonyl (C=O) groups excluding carboxylic acids is 1. The second kappa shape index (κ2) is 3.56. The van der Waals surface area contributed by atoms with Crippen molar-refractivity contribution in [1.29, 1.82) is 0 Å². The van der Waals surface area contributed by atoms with Crippen LogP contribution in [0.25, 0.3) is 0 Å². The smallest absolute Gasteiger partial charge is 0.142 e. The topological polar surface area (TPSA) is 37.3 Å². The average molecular weight is 100 g/mol. The van der Waals surface area contributed by atoms with Crippen molar-refractivity contribution >= 4 is 6.29 Å². The summed E-state index contributed by atoms with van der Waals surface area (Å²) >= 11 is 0. The van der Waals surface area contributed by atoms with E-state index in [9.17, 15) is 4.79 Å². The van der Waals surface area contributed by atoms with Crippen LogP contribution in [0.4, 0.5) is 0 Å². The van der Waals surface area contributed by atoms with Crippen LogP contribution in [0.2, 0.25) is 0 Å². The number of aldehydes is 1. The number of allylic oxidation sites excluding steroid dienone is 1. The first kappa shape index (κ1) is 6.37. The molecule has 0 radical (unpaired) electrons. The highest BCUT2D eigenvalue weighted by atomic mass is 16.3. The molecule has 0 bridgehead atoms. The van der Waals surface area contributed by atoms with Gasteiger partial charge in [0, 0.05) is 0 Å². The minimum Gasteiger partial charge on any atom is -0.389 e. The number of hydrogen-bond acceptors (Lipinski definition) is 2. The Morgan fingerprint density at radius 2 is 2.29 bits per heavy atom. The summed E-state index contributed by atoms with van der Waals surface area (Å²) in [4.78, 5) is 9.51. The maximum absolute atomic E-state index is 9.51. The summed E-state index contributed by atoms with van der Waals surface area (Å²) in [6, 6.07) is 0. The number of hydrogen-bond donors (Lipinski definition) is 1. The van der Waals surface area contributed by atoms with E-state index >= 15 is 0 Å². The molecule has 0 spiro atoms.